The van der Waals surface area contributed by atoms with Crippen molar-refractivity contribution in [1.29, 1.82) is 0 Å². The Bertz CT molecular complexity index is 3110. The fraction of sp³-hybridized carbons (Fsp3) is 0.0968. The van der Waals surface area contributed by atoms with Crippen LogP contribution in [0.1, 0.15) is 49.9 Å². The zero-order valence-corrected chi connectivity index (χ0v) is 39.1. The first-order chi connectivity index (χ1) is 32.2. The van der Waals surface area contributed by atoms with Gasteiger partial charge in [0, 0.05) is 64.5 Å². The van der Waals surface area contributed by atoms with Gasteiger partial charge in [-0.2, -0.15) is 0 Å². The van der Waals surface area contributed by atoms with Crippen molar-refractivity contribution in [3.8, 4) is 52.9 Å². The van der Waals surface area contributed by atoms with Crippen molar-refractivity contribution >= 4 is 56.8 Å². The van der Waals surface area contributed by atoms with Gasteiger partial charge < -0.3 is 9.80 Å². The maximum absolute atomic E-state index is 2.45. The van der Waals surface area contributed by atoms with Crippen molar-refractivity contribution < 1.29 is 0 Å². The molecule has 2 heterocycles. The first-order valence-corrected chi connectivity index (χ1v) is 24.5. The second-order valence-corrected chi connectivity index (χ2v) is 20.7. The van der Waals surface area contributed by atoms with Crippen molar-refractivity contribution in [2.45, 2.75) is 38.5 Å². The highest BCUT2D eigenvalue weighted by Gasteiger charge is 2.38. The van der Waals surface area contributed by atoms with E-state index >= 15 is 0 Å². The third-order valence-corrected chi connectivity index (χ3v) is 16.4. The first kappa shape index (κ1) is 40.3. The van der Waals surface area contributed by atoms with Crippen LogP contribution in [0.2, 0.25) is 0 Å². The summed E-state index contributed by atoms with van der Waals surface area (Å²) in [6.07, 6.45) is 0. The van der Waals surface area contributed by atoms with Crippen molar-refractivity contribution in [2.24, 2.45) is 0 Å². The Balaban J connectivity index is 0.813. The largest absolute Gasteiger partial charge is 0.310 e. The molecule has 2 aliphatic carbocycles. The van der Waals surface area contributed by atoms with Crippen LogP contribution >= 0.6 is 22.7 Å². The standard InChI is InChI=1S/C62H48N2S2/c1-61(2)53-37-41(25-29-49(53)51-31-27-47(39-55(51)61)63(43-17-9-5-10-18-43)44-19-11-6-12-20-44)57-33-35-59(65-57)60-36-34-58(66-60)42-26-30-50-52-32-28-48(40-56(52)62(3,4)54(50)38-42)64(45-21-13-7-14-22-45)46-23-15-8-16-24-46/h5-40H,1-4H3. The first-order valence-electron chi connectivity index (χ1n) is 22.8. The molecule has 0 bridgehead atoms. The zero-order chi connectivity index (χ0) is 44.6. The number of fused-ring (bicyclic) bond motifs is 6. The monoisotopic (exact) mass is 884 g/mol. The van der Waals surface area contributed by atoms with Gasteiger partial charge >= 0.3 is 0 Å². The summed E-state index contributed by atoms with van der Waals surface area (Å²) in [4.78, 5) is 9.92. The van der Waals surface area contributed by atoms with Crippen molar-refractivity contribution in [1.82, 2.24) is 0 Å². The van der Waals surface area contributed by atoms with Gasteiger partial charge in [0.25, 0.3) is 0 Å². The molecule has 0 aliphatic heterocycles. The molecule has 0 spiro atoms. The molecule has 12 rings (SSSR count). The topological polar surface area (TPSA) is 6.48 Å². The van der Waals surface area contributed by atoms with Gasteiger partial charge in [-0.15, -0.1) is 22.7 Å². The summed E-state index contributed by atoms with van der Waals surface area (Å²) < 4.78 is 0. The highest BCUT2D eigenvalue weighted by molar-refractivity contribution is 7.25. The molecule has 0 N–H and O–H groups in total. The highest BCUT2D eigenvalue weighted by atomic mass is 32.1. The van der Waals surface area contributed by atoms with Crippen LogP contribution in [0.15, 0.2) is 218 Å². The normalized spacial score (nSPS) is 13.7. The van der Waals surface area contributed by atoms with E-state index in [1.165, 1.54) is 86.5 Å². The molecule has 0 fully saturated rings. The molecule has 0 saturated heterocycles. The lowest BCUT2D eigenvalue weighted by Gasteiger charge is -2.28. The van der Waals surface area contributed by atoms with Crippen LogP contribution in [0, 0.1) is 0 Å². The van der Waals surface area contributed by atoms with Gasteiger partial charge in [-0.1, -0.05) is 137 Å². The number of para-hydroxylation sites is 4. The number of thiophene rings is 2. The Morgan fingerprint density at radius 1 is 0.273 bits per heavy atom. The number of benzene rings is 8. The van der Waals surface area contributed by atoms with Gasteiger partial charge in [-0.05, 0) is 165 Å². The van der Waals surface area contributed by atoms with Gasteiger partial charge in [0.1, 0.15) is 0 Å². The smallest absolute Gasteiger partial charge is 0.0465 e. The van der Waals surface area contributed by atoms with Gasteiger partial charge in [0.15, 0.2) is 0 Å². The third kappa shape index (κ3) is 6.66. The maximum Gasteiger partial charge on any atom is 0.0465 e. The molecule has 66 heavy (non-hydrogen) atoms. The van der Waals surface area contributed by atoms with Gasteiger partial charge in [-0.25, -0.2) is 0 Å². The third-order valence-electron chi connectivity index (χ3n) is 13.9. The quantitative estimate of drug-likeness (QED) is 0.142. The lowest BCUT2D eigenvalue weighted by molar-refractivity contribution is 0.660. The van der Waals surface area contributed by atoms with E-state index in [0.29, 0.717) is 0 Å². The molecular formula is C62H48N2S2. The average molecular weight is 885 g/mol. The van der Waals surface area contributed by atoms with Gasteiger partial charge in [-0.3, -0.25) is 0 Å². The van der Waals surface area contributed by atoms with E-state index in [-0.39, 0.29) is 10.8 Å². The Morgan fingerprint density at radius 2 is 0.561 bits per heavy atom. The number of hydrogen-bond donors (Lipinski definition) is 0. The van der Waals surface area contributed by atoms with E-state index in [2.05, 4.69) is 256 Å². The van der Waals surface area contributed by atoms with Gasteiger partial charge in [0.05, 0.1) is 0 Å². The molecule has 2 aromatic heterocycles. The fourth-order valence-electron chi connectivity index (χ4n) is 10.5. The van der Waals surface area contributed by atoms with Crippen LogP contribution in [0.3, 0.4) is 0 Å². The van der Waals surface area contributed by atoms with Crippen molar-refractivity contribution in [2.75, 3.05) is 9.80 Å². The SMILES string of the molecule is CC1(C)c2cc(-c3ccc(-c4ccc(-c5ccc6c(c5)C(C)(C)c5cc(N(c7ccccc7)c7ccccc7)ccc5-6)s4)s3)ccc2-c2ccc(N(c3ccccc3)c3ccccc3)cc21. The van der Waals surface area contributed by atoms with Crippen LogP contribution in [0.5, 0.6) is 0 Å². The number of nitrogens with zero attached hydrogens (tertiary/aromatic N) is 2. The van der Waals surface area contributed by atoms with E-state index in [1.54, 1.807) is 0 Å². The molecule has 0 unspecified atom stereocenters. The molecule has 2 aliphatic rings. The van der Waals surface area contributed by atoms with E-state index in [1.807, 2.05) is 22.7 Å². The molecule has 4 heteroatoms. The highest BCUT2D eigenvalue weighted by Crippen LogP contribution is 2.54. The summed E-state index contributed by atoms with van der Waals surface area (Å²) in [5.41, 5.74) is 20.0. The van der Waals surface area contributed by atoms with Crippen LogP contribution in [0.4, 0.5) is 34.1 Å². The Hall–Kier alpha value is -7.24. The van der Waals surface area contributed by atoms with Crippen LogP contribution in [0.25, 0.3) is 52.9 Å². The predicted octanol–water partition coefficient (Wildman–Crippen LogP) is 18.4. The minimum Gasteiger partial charge on any atom is -0.310 e. The Kier molecular flexibility index (Phi) is 9.60. The Morgan fingerprint density at radius 3 is 0.894 bits per heavy atom. The molecule has 0 amide bonds. The molecule has 0 atom stereocenters. The molecule has 8 aromatic carbocycles. The lowest BCUT2D eigenvalue weighted by Crippen LogP contribution is -2.16. The summed E-state index contributed by atoms with van der Waals surface area (Å²) >= 11 is 3.78. The summed E-state index contributed by atoms with van der Waals surface area (Å²) in [7, 11) is 0. The lowest BCUT2D eigenvalue weighted by atomic mass is 9.81. The molecular weight excluding hydrogens is 837 g/mol. The predicted molar refractivity (Wildman–Crippen MR) is 283 cm³/mol. The van der Waals surface area contributed by atoms with Crippen molar-refractivity contribution in [3.63, 3.8) is 0 Å². The van der Waals surface area contributed by atoms with E-state index in [0.717, 1.165) is 22.7 Å². The van der Waals surface area contributed by atoms with E-state index < -0.39 is 0 Å². The molecule has 318 valence electrons. The maximum atomic E-state index is 2.45. The second kappa shape index (κ2) is 15.7. The zero-order valence-electron chi connectivity index (χ0n) is 37.5. The Labute approximate surface area is 396 Å². The van der Waals surface area contributed by atoms with Crippen LogP contribution < -0.4 is 9.80 Å². The van der Waals surface area contributed by atoms with Crippen molar-refractivity contribution in [3.05, 3.63) is 241 Å². The van der Waals surface area contributed by atoms with E-state index in [4.69, 9.17) is 0 Å². The minimum atomic E-state index is -0.156. The molecule has 0 radical (unpaired) electrons. The van der Waals surface area contributed by atoms with Crippen LogP contribution in [-0.2, 0) is 10.8 Å². The number of rotatable bonds is 9. The average Bonchev–Trinajstić information content (AvgIpc) is 4.14. The van der Waals surface area contributed by atoms with Gasteiger partial charge in [0.2, 0.25) is 0 Å². The molecule has 2 nitrogen and oxygen atoms in total. The minimum absolute atomic E-state index is 0.156. The summed E-state index contributed by atoms with van der Waals surface area (Å²) in [6, 6.07) is 80.3. The summed E-state index contributed by atoms with van der Waals surface area (Å²) in [6.45, 7) is 9.54. The fourth-order valence-corrected chi connectivity index (χ4v) is 12.6. The molecule has 10 aromatic rings. The van der Waals surface area contributed by atoms with E-state index in [9.17, 15) is 0 Å². The summed E-state index contributed by atoms with van der Waals surface area (Å²) in [5.74, 6) is 0. The number of anilines is 6. The van der Waals surface area contributed by atoms with Crippen LogP contribution in [-0.4, -0.2) is 0 Å². The molecule has 0 saturated carbocycles. The second-order valence-electron chi connectivity index (χ2n) is 18.6. The summed E-state index contributed by atoms with van der Waals surface area (Å²) in [5, 5.41) is 0. The number of hydrogen-bond acceptors (Lipinski definition) is 4.